The van der Waals surface area contributed by atoms with Crippen LogP contribution < -0.4 is 0 Å². The molecule has 1 aromatic carbocycles. The fourth-order valence-electron chi connectivity index (χ4n) is 1.03. The van der Waals surface area contributed by atoms with E-state index < -0.39 is 0 Å². The quantitative estimate of drug-likeness (QED) is 0.471. The van der Waals surface area contributed by atoms with Crippen LogP contribution in [0, 0.1) is 0 Å². The maximum Gasteiger partial charge on any atom is 0.330 e. The van der Waals surface area contributed by atoms with Crippen LogP contribution in [0.5, 0.6) is 0 Å². The molecule has 0 saturated heterocycles. The van der Waals surface area contributed by atoms with Crippen molar-refractivity contribution < 1.29 is 9.53 Å². The Morgan fingerprint density at radius 2 is 2.25 bits per heavy atom. The van der Waals surface area contributed by atoms with Gasteiger partial charge in [-0.25, -0.2) is 4.79 Å². The molecule has 0 heterocycles. The van der Waals surface area contributed by atoms with Crippen LogP contribution in [0.3, 0.4) is 0 Å². The maximum atomic E-state index is 11.0. The second-order valence-corrected chi connectivity index (χ2v) is 4.81. The number of carbonyl (C=O) groups is 1. The molecule has 0 aromatic heterocycles. The van der Waals surface area contributed by atoms with E-state index >= 15 is 0 Å². The molecule has 0 fully saturated rings. The lowest BCUT2D eigenvalue weighted by atomic mass is 10.4. The summed E-state index contributed by atoms with van der Waals surface area (Å²) in [5.74, 6) is 0.469. The summed E-state index contributed by atoms with van der Waals surface area (Å²) in [6, 6.07) is 8.00. The predicted molar refractivity (Wildman–Crippen MR) is 70.6 cm³/mol. The highest BCUT2D eigenvalue weighted by atomic mass is 79.9. The Morgan fingerprint density at radius 1 is 1.50 bits per heavy atom. The molecule has 0 unspecified atom stereocenters. The smallest absolute Gasteiger partial charge is 0.330 e. The van der Waals surface area contributed by atoms with Gasteiger partial charge in [0.05, 0.1) is 6.61 Å². The number of thioether (sulfide) groups is 1. The first kappa shape index (κ1) is 13.3. The average molecular weight is 301 g/mol. The molecule has 0 spiro atoms. The largest absolute Gasteiger partial charge is 0.463 e. The lowest BCUT2D eigenvalue weighted by molar-refractivity contribution is -0.137. The minimum Gasteiger partial charge on any atom is -0.463 e. The van der Waals surface area contributed by atoms with Crippen LogP contribution >= 0.6 is 27.7 Å². The second kappa shape index (κ2) is 7.52. The summed E-state index contributed by atoms with van der Waals surface area (Å²) in [7, 11) is 0. The zero-order valence-electron chi connectivity index (χ0n) is 8.98. The lowest BCUT2D eigenvalue weighted by Gasteiger charge is -2.00. The van der Waals surface area contributed by atoms with E-state index in [4.69, 9.17) is 4.74 Å². The molecule has 4 heteroatoms. The summed E-state index contributed by atoms with van der Waals surface area (Å²) in [5.41, 5.74) is 0. The van der Waals surface area contributed by atoms with Crippen molar-refractivity contribution in [2.75, 3.05) is 12.4 Å². The van der Waals surface area contributed by atoms with Crippen molar-refractivity contribution in [1.82, 2.24) is 0 Å². The molecule has 0 bridgehead atoms. The molecule has 86 valence electrons. The average Bonchev–Trinajstić information content (AvgIpc) is 2.27. The van der Waals surface area contributed by atoms with E-state index in [0.717, 1.165) is 15.1 Å². The fraction of sp³-hybridized carbons (Fsp3) is 0.250. The van der Waals surface area contributed by atoms with Crippen LogP contribution in [0.25, 0.3) is 0 Å². The number of hydrogen-bond acceptors (Lipinski definition) is 3. The summed E-state index contributed by atoms with van der Waals surface area (Å²) in [6.45, 7) is 2.21. The monoisotopic (exact) mass is 300 g/mol. The summed E-state index contributed by atoms with van der Waals surface area (Å²) in [4.78, 5) is 12.2. The Morgan fingerprint density at radius 3 is 2.94 bits per heavy atom. The van der Waals surface area contributed by atoms with E-state index in [2.05, 4.69) is 15.9 Å². The van der Waals surface area contributed by atoms with Crippen molar-refractivity contribution in [3.05, 3.63) is 40.9 Å². The van der Waals surface area contributed by atoms with E-state index in [1.54, 1.807) is 18.7 Å². The Kier molecular flexibility index (Phi) is 6.26. The van der Waals surface area contributed by atoms with E-state index in [-0.39, 0.29) is 5.97 Å². The number of hydrogen-bond donors (Lipinski definition) is 0. The Hall–Kier alpha value is -0.740. The van der Waals surface area contributed by atoms with Gasteiger partial charge in [-0.1, -0.05) is 18.2 Å². The summed E-state index contributed by atoms with van der Waals surface area (Å²) in [6.07, 6.45) is 3.27. The van der Waals surface area contributed by atoms with E-state index in [1.165, 1.54) is 6.08 Å². The van der Waals surface area contributed by atoms with Gasteiger partial charge in [0.25, 0.3) is 0 Å². The number of carbonyl (C=O) groups excluding carboxylic acids is 1. The van der Waals surface area contributed by atoms with Crippen LogP contribution in [0.15, 0.2) is 45.8 Å². The minimum absolute atomic E-state index is 0.282. The molecule has 16 heavy (non-hydrogen) atoms. The molecule has 0 aliphatic heterocycles. The molecule has 1 aromatic rings. The topological polar surface area (TPSA) is 26.3 Å². The van der Waals surface area contributed by atoms with Gasteiger partial charge in [0.2, 0.25) is 0 Å². The first-order valence-corrected chi connectivity index (χ1v) is 6.72. The first-order valence-electron chi connectivity index (χ1n) is 4.94. The van der Waals surface area contributed by atoms with Gasteiger partial charge >= 0.3 is 5.97 Å². The van der Waals surface area contributed by atoms with Crippen molar-refractivity contribution in [3.63, 3.8) is 0 Å². The first-order chi connectivity index (χ1) is 7.74. The van der Waals surface area contributed by atoms with Crippen LogP contribution in [0.4, 0.5) is 0 Å². The Labute approximate surface area is 108 Å². The second-order valence-electron chi connectivity index (χ2n) is 2.90. The van der Waals surface area contributed by atoms with Gasteiger partial charge in [-0.3, -0.25) is 0 Å². The highest BCUT2D eigenvalue weighted by Crippen LogP contribution is 2.26. The summed E-state index contributed by atoms with van der Waals surface area (Å²) < 4.78 is 5.85. The zero-order valence-corrected chi connectivity index (χ0v) is 11.4. The Balaban J connectivity index is 2.36. The van der Waals surface area contributed by atoms with Crippen LogP contribution in [-0.2, 0) is 9.53 Å². The van der Waals surface area contributed by atoms with E-state index in [9.17, 15) is 4.79 Å². The van der Waals surface area contributed by atoms with Gasteiger partial charge in [0.1, 0.15) is 0 Å². The molecule has 0 amide bonds. The molecule has 0 N–H and O–H groups in total. The standard InChI is InChI=1S/C12H13BrO2S/c1-2-15-12(14)8-5-9-16-11-7-4-3-6-10(11)13/h3-8H,2,9H2,1H3. The fourth-order valence-corrected chi connectivity index (χ4v) is 2.42. The van der Waals surface area contributed by atoms with Crippen molar-refractivity contribution in [1.29, 1.82) is 0 Å². The van der Waals surface area contributed by atoms with Gasteiger partial charge in [0.15, 0.2) is 0 Å². The highest BCUT2D eigenvalue weighted by molar-refractivity contribution is 9.10. The molecule has 0 saturated carbocycles. The molecular formula is C12H13BrO2S. The van der Waals surface area contributed by atoms with Gasteiger partial charge in [0, 0.05) is 21.2 Å². The van der Waals surface area contributed by atoms with Gasteiger partial charge in [-0.2, -0.15) is 0 Å². The van der Waals surface area contributed by atoms with Crippen molar-refractivity contribution >= 4 is 33.7 Å². The third-order valence-electron chi connectivity index (χ3n) is 1.71. The molecule has 1 rings (SSSR count). The summed E-state index contributed by atoms with van der Waals surface area (Å²) >= 11 is 5.13. The summed E-state index contributed by atoms with van der Waals surface area (Å²) in [5, 5.41) is 0. The highest BCUT2D eigenvalue weighted by Gasteiger charge is 1.97. The van der Waals surface area contributed by atoms with Crippen LogP contribution in [0.2, 0.25) is 0 Å². The zero-order chi connectivity index (χ0) is 11.8. The molecule has 2 nitrogen and oxygen atoms in total. The van der Waals surface area contributed by atoms with Crippen LogP contribution in [-0.4, -0.2) is 18.3 Å². The van der Waals surface area contributed by atoms with Gasteiger partial charge in [-0.15, -0.1) is 11.8 Å². The molecule has 0 atom stereocenters. The third kappa shape index (κ3) is 4.86. The van der Waals surface area contributed by atoms with E-state index in [1.807, 2.05) is 30.3 Å². The third-order valence-corrected chi connectivity index (χ3v) is 3.69. The number of rotatable bonds is 5. The number of ether oxygens (including phenoxy) is 1. The maximum absolute atomic E-state index is 11.0. The molecule has 0 aliphatic carbocycles. The SMILES string of the molecule is CCOC(=O)C=CCSc1ccccc1Br. The van der Waals surface area contributed by atoms with Crippen LogP contribution in [0.1, 0.15) is 6.92 Å². The number of halogens is 1. The van der Waals surface area contributed by atoms with Gasteiger partial charge in [-0.05, 0) is 35.0 Å². The predicted octanol–water partition coefficient (Wildman–Crippen LogP) is 3.66. The van der Waals surface area contributed by atoms with Crippen molar-refractivity contribution in [3.8, 4) is 0 Å². The minimum atomic E-state index is -0.282. The van der Waals surface area contributed by atoms with Crippen molar-refractivity contribution in [2.24, 2.45) is 0 Å². The van der Waals surface area contributed by atoms with Gasteiger partial charge < -0.3 is 4.74 Å². The molecular weight excluding hydrogens is 288 g/mol. The number of benzene rings is 1. The Bertz CT molecular complexity index is 377. The lowest BCUT2D eigenvalue weighted by Crippen LogP contribution is -1.98. The van der Waals surface area contributed by atoms with Crippen molar-refractivity contribution in [2.45, 2.75) is 11.8 Å². The van der Waals surface area contributed by atoms with E-state index in [0.29, 0.717) is 6.61 Å². The molecule has 0 radical (unpaired) electrons. The number of esters is 1. The normalized spacial score (nSPS) is 10.6. The molecule has 0 aliphatic rings.